The highest BCUT2D eigenvalue weighted by molar-refractivity contribution is 6.19. The number of para-hydroxylation sites is 3. The van der Waals surface area contributed by atoms with Crippen molar-refractivity contribution in [2.75, 3.05) is 4.90 Å². The van der Waals surface area contributed by atoms with Gasteiger partial charge in [-0.3, -0.25) is 0 Å². The Morgan fingerprint density at radius 3 is 1.77 bits per heavy atom. The van der Waals surface area contributed by atoms with Crippen LogP contribution in [0.25, 0.3) is 104 Å². The van der Waals surface area contributed by atoms with Crippen molar-refractivity contribution in [3.05, 3.63) is 243 Å². The summed E-state index contributed by atoms with van der Waals surface area (Å²) in [7, 11) is 0. The van der Waals surface area contributed by atoms with E-state index in [0.717, 1.165) is 66.9 Å². The molecule has 13 rings (SSSR count). The lowest BCUT2D eigenvalue weighted by atomic mass is 9.96. The van der Waals surface area contributed by atoms with Crippen molar-refractivity contribution in [2.24, 2.45) is 0 Å². The summed E-state index contributed by atoms with van der Waals surface area (Å²) in [6.45, 7) is 0. The molecule has 0 N–H and O–H groups in total. The van der Waals surface area contributed by atoms with Crippen molar-refractivity contribution in [1.82, 2.24) is 4.57 Å². The lowest BCUT2D eigenvalue weighted by Gasteiger charge is -2.28. The normalized spacial score (nSPS) is 11.7. The fraction of sp³-hybridized carbons (Fsp3) is 0. The molecule has 0 atom stereocenters. The van der Waals surface area contributed by atoms with Gasteiger partial charge in [0.05, 0.1) is 27.8 Å². The molecule has 0 saturated carbocycles. The Morgan fingerprint density at radius 1 is 0.338 bits per heavy atom. The van der Waals surface area contributed by atoms with Crippen LogP contribution in [0.1, 0.15) is 0 Å². The number of fused-ring (bicyclic) bond motifs is 9. The minimum Gasteiger partial charge on any atom is -0.455 e. The smallest absolute Gasteiger partial charge is 0.145 e. The molecule has 0 unspecified atom stereocenters. The van der Waals surface area contributed by atoms with Gasteiger partial charge in [0, 0.05) is 38.5 Å². The maximum absolute atomic E-state index is 6.91. The SMILES string of the molecule is c1ccc(-c2ccc(-c3ccc(N(c4ccc(-c5ccc6c7ccccc7n(-c7ccccc7)c6c5)cc4)c4cccc5c4ccc4ccccc45)c4c3oc3ccccc34)cc2)cc1. The van der Waals surface area contributed by atoms with E-state index in [9.17, 15) is 0 Å². The second kappa shape index (κ2) is 15.0. The van der Waals surface area contributed by atoms with E-state index >= 15 is 0 Å². The number of aromatic nitrogens is 1. The molecule has 2 heterocycles. The zero-order chi connectivity index (χ0) is 42.8. The second-order valence-corrected chi connectivity index (χ2v) is 16.8. The van der Waals surface area contributed by atoms with Crippen molar-refractivity contribution in [3.8, 4) is 39.1 Å². The molecule has 3 nitrogen and oxygen atoms in total. The molecule has 13 aromatic rings. The average molecular weight is 829 g/mol. The van der Waals surface area contributed by atoms with Crippen LogP contribution in [0.15, 0.2) is 247 Å². The lowest BCUT2D eigenvalue weighted by molar-refractivity contribution is 0.670. The van der Waals surface area contributed by atoms with Crippen LogP contribution in [-0.2, 0) is 0 Å². The molecular weight excluding hydrogens is 789 g/mol. The van der Waals surface area contributed by atoms with Crippen molar-refractivity contribution in [3.63, 3.8) is 0 Å². The van der Waals surface area contributed by atoms with Gasteiger partial charge in [-0.2, -0.15) is 0 Å². The molecule has 65 heavy (non-hydrogen) atoms. The monoisotopic (exact) mass is 828 g/mol. The maximum Gasteiger partial charge on any atom is 0.145 e. The lowest BCUT2D eigenvalue weighted by Crippen LogP contribution is -2.11. The highest BCUT2D eigenvalue weighted by Gasteiger charge is 2.24. The number of furan rings is 1. The Morgan fingerprint density at radius 2 is 0.938 bits per heavy atom. The van der Waals surface area contributed by atoms with Gasteiger partial charge >= 0.3 is 0 Å². The van der Waals surface area contributed by atoms with Gasteiger partial charge in [0.2, 0.25) is 0 Å². The van der Waals surface area contributed by atoms with Crippen LogP contribution in [-0.4, -0.2) is 4.57 Å². The number of rotatable bonds is 7. The minimum atomic E-state index is 0.861. The summed E-state index contributed by atoms with van der Waals surface area (Å²) in [5.41, 5.74) is 15.3. The van der Waals surface area contributed by atoms with Crippen molar-refractivity contribution in [1.29, 1.82) is 0 Å². The molecule has 0 aliphatic rings. The summed E-state index contributed by atoms with van der Waals surface area (Å²) >= 11 is 0. The first-order valence-corrected chi connectivity index (χ1v) is 22.2. The molecule has 0 radical (unpaired) electrons. The Labute approximate surface area is 376 Å². The van der Waals surface area contributed by atoms with Crippen LogP contribution in [0.3, 0.4) is 0 Å². The first-order chi connectivity index (χ1) is 32.2. The molecule has 0 amide bonds. The molecular formula is C62H40N2O. The molecule has 0 spiro atoms. The number of hydrogen-bond donors (Lipinski definition) is 0. The number of hydrogen-bond acceptors (Lipinski definition) is 2. The van der Waals surface area contributed by atoms with Crippen LogP contribution >= 0.6 is 0 Å². The Balaban J connectivity index is 1.00. The average Bonchev–Trinajstić information content (AvgIpc) is 3.94. The predicted octanol–water partition coefficient (Wildman–Crippen LogP) is 17.5. The summed E-state index contributed by atoms with van der Waals surface area (Å²) < 4.78 is 9.29. The van der Waals surface area contributed by atoms with E-state index in [4.69, 9.17) is 4.42 Å². The van der Waals surface area contributed by atoms with E-state index in [0.29, 0.717) is 0 Å². The molecule has 0 aliphatic carbocycles. The largest absolute Gasteiger partial charge is 0.455 e. The standard InChI is InChI=1S/C62H40N2O/c1-3-14-41(15-4-1)42-26-28-45(29-27-42)50-38-39-58(61-55-21-10-12-25-60(55)65-62(50)61)63(57-24-13-22-51-49-19-8-7-16-44(49)32-36-53(51)57)48-34-30-43(31-35-48)46-33-37-54-52-20-9-11-23-56(52)64(59(54)40-46)47-17-5-2-6-18-47/h1-40H. The molecule has 2 aromatic heterocycles. The van der Waals surface area contributed by atoms with Crippen LogP contribution < -0.4 is 4.90 Å². The van der Waals surface area contributed by atoms with E-state index in [2.05, 4.69) is 252 Å². The fourth-order valence-electron chi connectivity index (χ4n) is 10.1. The summed E-state index contributed by atoms with van der Waals surface area (Å²) in [5.74, 6) is 0. The molecule has 11 aromatic carbocycles. The van der Waals surface area contributed by atoms with E-state index in [1.54, 1.807) is 0 Å². The van der Waals surface area contributed by atoms with Gasteiger partial charge in [-0.1, -0.05) is 182 Å². The predicted molar refractivity (Wildman–Crippen MR) is 274 cm³/mol. The van der Waals surface area contributed by atoms with Gasteiger partial charge in [0.15, 0.2) is 0 Å². The van der Waals surface area contributed by atoms with Crippen LogP contribution in [0.2, 0.25) is 0 Å². The zero-order valence-electron chi connectivity index (χ0n) is 35.4. The summed E-state index contributed by atoms with van der Waals surface area (Å²) in [4.78, 5) is 2.43. The van der Waals surface area contributed by atoms with Crippen LogP contribution in [0.4, 0.5) is 17.1 Å². The Hall–Kier alpha value is -8.66. The van der Waals surface area contributed by atoms with Crippen molar-refractivity contribution in [2.45, 2.75) is 0 Å². The van der Waals surface area contributed by atoms with Crippen molar-refractivity contribution >= 4 is 82.4 Å². The fourth-order valence-corrected chi connectivity index (χ4v) is 10.1. The van der Waals surface area contributed by atoms with Gasteiger partial charge in [-0.05, 0) is 105 Å². The van der Waals surface area contributed by atoms with E-state index in [1.807, 2.05) is 0 Å². The maximum atomic E-state index is 6.91. The molecule has 0 bridgehead atoms. The topological polar surface area (TPSA) is 21.3 Å². The van der Waals surface area contributed by atoms with E-state index in [-0.39, 0.29) is 0 Å². The molecule has 0 aliphatic heterocycles. The third-order valence-corrected chi connectivity index (χ3v) is 13.2. The van der Waals surface area contributed by atoms with E-state index in [1.165, 1.54) is 54.5 Å². The Kier molecular flexibility index (Phi) is 8.53. The van der Waals surface area contributed by atoms with Gasteiger partial charge in [-0.25, -0.2) is 0 Å². The highest BCUT2D eigenvalue weighted by Crippen LogP contribution is 2.48. The Bertz CT molecular complexity index is 3920. The van der Waals surface area contributed by atoms with Crippen LogP contribution in [0, 0.1) is 0 Å². The highest BCUT2D eigenvalue weighted by atomic mass is 16.3. The first-order valence-electron chi connectivity index (χ1n) is 22.2. The zero-order valence-corrected chi connectivity index (χ0v) is 35.4. The first kappa shape index (κ1) is 36.9. The number of nitrogens with zero attached hydrogens (tertiary/aromatic N) is 2. The summed E-state index contributed by atoms with van der Waals surface area (Å²) in [6.07, 6.45) is 0. The molecule has 0 saturated heterocycles. The molecule has 3 heteroatoms. The molecule has 304 valence electrons. The van der Waals surface area contributed by atoms with Gasteiger partial charge < -0.3 is 13.9 Å². The summed E-state index contributed by atoms with van der Waals surface area (Å²) in [6, 6.07) is 87.6. The third-order valence-electron chi connectivity index (χ3n) is 13.2. The number of benzene rings is 11. The number of anilines is 3. The molecule has 0 fully saturated rings. The minimum absolute atomic E-state index is 0.861. The second-order valence-electron chi connectivity index (χ2n) is 16.8. The van der Waals surface area contributed by atoms with Gasteiger partial charge in [-0.15, -0.1) is 0 Å². The van der Waals surface area contributed by atoms with Gasteiger partial charge in [0.1, 0.15) is 11.2 Å². The third kappa shape index (κ3) is 6.05. The van der Waals surface area contributed by atoms with Crippen LogP contribution in [0.5, 0.6) is 0 Å². The van der Waals surface area contributed by atoms with Crippen molar-refractivity contribution < 1.29 is 4.42 Å². The van der Waals surface area contributed by atoms with Gasteiger partial charge in [0.25, 0.3) is 0 Å². The quantitative estimate of drug-likeness (QED) is 0.149. The van der Waals surface area contributed by atoms with E-state index < -0.39 is 0 Å². The summed E-state index contributed by atoms with van der Waals surface area (Å²) in [5, 5.41) is 9.50.